The van der Waals surface area contributed by atoms with Crippen molar-refractivity contribution in [2.24, 2.45) is 0 Å². The number of aromatic nitrogens is 2. The summed E-state index contributed by atoms with van der Waals surface area (Å²) < 4.78 is 0. The van der Waals surface area contributed by atoms with E-state index in [-0.39, 0.29) is 30.9 Å². The molecular weight excluding hydrogens is 717 g/mol. The van der Waals surface area contributed by atoms with Crippen LogP contribution in [0.5, 0.6) is 0 Å². The van der Waals surface area contributed by atoms with Gasteiger partial charge in [0.2, 0.25) is 0 Å². The van der Waals surface area contributed by atoms with Crippen LogP contribution in [0.1, 0.15) is 56.9 Å². The van der Waals surface area contributed by atoms with Crippen LogP contribution < -0.4 is 5.19 Å². The average molecular weight is 761 g/mol. The van der Waals surface area contributed by atoms with Crippen molar-refractivity contribution < 1.29 is 20.1 Å². The monoisotopic (exact) mass is 761 g/mol. The van der Waals surface area contributed by atoms with Crippen molar-refractivity contribution in [3.63, 3.8) is 0 Å². The summed E-state index contributed by atoms with van der Waals surface area (Å²) in [6, 6.07) is 38.5. The summed E-state index contributed by atoms with van der Waals surface area (Å²) in [7, 11) is -1.24. The number of hydrogen-bond acceptors (Lipinski definition) is 2. The summed E-state index contributed by atoms with van der Waals surface area (Å²) in [6.07, 6.45) is 3.93. The standard InChI is InChI=1S/C24H26N.C15H18NSi.Ir/c1-23(2,3)19-13-11-18(12-14-19)22-17-21(15-16-25-22)24(4,5)20-9-7-6-8-10-20;1-12-5-7-13(8-6-12)15-10-9-14(11-16-15)17(2,3)4;/h6-11,13-17H,1-5H3;5-7,9-11H,1-4H3;/q2*-1;. The van der Waals surface area contributed by atoms with E-state index in [4.69, 9.17) is 0 Å². The first-order valence-electron chi connectivity index (χ1n) is 14.7. The van der Waals surface area contributed by atoms with Gasteiger partial charge in [0.05, 0.1) is 8.07 Å². The molecule has 0 saturated carbocycles. The Morgan fingerprint density at radius 1 is 0.628 bits per heavy atom. The van der Waals surface area contributed by atoms with E-state index in [0.717, 1.165) is 22.5 Å². The quantitative estimate of drug-likeness (QED) is 0.132. The first kappa shape index (κ1) is 34.3. The molecule has 0 atom stereocenters. The van der Waals surface area contributed by atoms with Crippen molar-refractivity contribution in [2.45, 2.75) is 72.0 Å². The maximum atomic E-state index is 4.58. The topological polar surface area (TPSA) is 25.8 Å². The van der Waals surface area contributed by atoms with Gasteiger partial charge in [-0.15, -0.1) is 70.8 Å². The van der Waals surface area contributed by atoms with Crippen LogP contribution in [0.15, 0.2) is 103 Å². The van der Waals surface area contributed by atoms with Crippen LogP contribution in [0.4, 0.5) is 0 Å². The summed E-state index contributed by atoms with van der Waals surface area (Å²) in [5.74, 6) is 0. The fraction of sp³-hybridized carbons (Fsp3) is 0.282. The molecule has 225 valence electrons. The molecule has 0 unspecified atom stereocenters. The summed E-state index contributed by atoms with van der Waals surface area (Å²) in [5.41, 5.74) is 9.25. The summed E-state index contributed by atoms with van der Waals surface area (Å²) in [4.78, 5) is 9.13. The van der Waals surface area contributed by atoms with Gasteiger partial charge in [-0.05, 0) is 39.2 Å². The molecule has 4 heteroatoms. The predicted molar refractivity (Wildman–Crippen MR) is 182 cm³/mol. The van der Waals surface area contributed by atoms with E-state index in [2.05, 4.69) is 168 Å². The van der Waals surface area contributed by atoms with Gasteiger partial charge in [0, 0.05) is 37.9 Å². The fourth-order valence-corrected chi connectivity index (χ4v) is 5.73. The maximum Gasteiger partial charge on any atom is 0.0795 e. The molecule has 0 bridgehead atoms. The molecule has 2 heterocycles. The van der Waals surface area contributed by atoms with Crippen molar-refractivity contribution in [1.82, 2.24) is 9.97 Å². The predicted octanol–water partition coefficient (Wildman–Crippen LogP) is 9.57. The SMILES string of the molecule is CC(C)(C)c1c[c-]c(-c2cc(C(C)(C)c3ccccc3)ccn2)cc1.Cc1c[c-]c(-c2ccc([Si](C)(C)C)cn2)cc1.[Ir]. The van der Waals surface area contributed by atoms with Crippen LogP contribution in [0, 0.1) is 19.1 Å². The first-order valence-corrected chi connectivity index (χ1v) is 18.2. The molecule has 0 aliphatic rings. The second-order valence-electron chi connectivity index (χ2n) is 13.6. The smallest absolute Gasteiger partial charge is 0.0795 e. The number of benzene rings is 3. The van der Waals surface area contributed by atoms with E-state index in [1.54, 1.807) is 0 Å². The van der Waals surface area contributed by atoms with Crippen LogP contribution in [-0.4, -0.2) is 18.0 Å². The minimum Gasteiger partial charge on any atom is -0.305 e. The summed E-state index contributed by atoms with van der Waals surface area (Å²) in [5, 5.41) is 1.40. The molecule has 0 aliphatic heterocycles. The Kier molecular flexibility index (Phi) is 11.2. The van der Waals surface area contributed by atoms with E-state index in [1.165, 1.54) is 27.4 Å². The van der Waals surface area contributed by atoms with Gasteiger partial charge in [-0.2, -0.15) is 0 Å². The zero-order chi connectivity index (χ0) is 30.5. The van der Waals surface area contributed by atoms with Gasteiger partial charge in [-0.1, -0.05) is 110 Å². The Morgan fingerprint density at radius 3 is 1.81 bits per heavy atom. The molecule has 0 spiro atoms. The molecule has 0 N–H and O–H groups in total. The van der Waals surface area contributed by atoms with Crippen molar-refractivity contribution >= 4 is 13.3 Å². The van der Waals surface area contributed by atoms with Crippen LogP contribution in [0.2, 0.25) is 19.6 Å². The van der Waals surface area contributed by atoms with Gasteiger partial charge in [-0.25, -0.2) is 0 Å². The molecule has 5 rings (SSSR count). The Hall–Kier alpha value is -3.17. The van der Waals surface area contributed by atoms with Gasteiger partial charge in [-0.3, -0.25) is 0 Å². The van der Waals surface area contributed by atoms with Gasteiger partial charge in [0.1, 0.15) is 0 Å². The van der Waals surface area contributed by atoms with E-state index < -0.39 is 8.07 Å². The average Bonchev–Trinajstić information content (AvgIpc) is 2.98. The van der Waals surface area contributed by atoms with Gasteiger partial charge >= 0.3 is 0 Å². The van der Waals surface area contributed by atoms with Crippen molar-refractivity contribution in [2.75, 3.05) is 0 Å². The summed E-state index contributed by atoms with van der Waals surface area (Å²) >= 11 is 0. The van der Waals surface area contributed by atoms with Crippen LogP contribution >= 0.6 is 0 Å². The third-order valence-electron chi connectivity index (χ3n) is 7.81. The molecule has 3 aromatic carbocycles. The number of nitrogens with zero attached hydrogens (tertiary/aromatic N) is 2. The second kappa shape index (κ2) is 14.1. The van der Waals surface area contributed by atoms with E-state index in [0.29, 0.717) is 0 Å². The molecule has 5 aromatic rings. The largest absolute Gasteiger partial charge is 0.305 e. The van der Waals surface area contributed by atoms with E-state index in [1.807, 2.05) is 18.5 Å². The molecule has 43 heavy (non-hydrogen) atoms. The van der Waals surface area contributed by atoms with Gasteiger partial charge in [0.25, 0.3) is 0 Å². The molecule has 0 amide bonds. The second-order valence-corrected chi connectivity index (χ2v) is 18.7. The number of rotatable bonds is 5. The van der Waals surface area contributed by atoms with Crippen LogP contribution in [0.3, 0.4) is 0 Å². The van der Waals surface area contributed by atoms with Crippen molar-refractivity contribution in [3.05, 3.63) is 138 Å². The zero-order valence-corrected chi connectivity index (χ0v) is 30.4. The molecule has 0 fully saturated rings. The Balaban J connectivity index is 0.000000247. The fourth-order valence-electron chi connectivity index (χ4n) is 4.70. The van der Waals surface area contributed by atoms with Gasteiger partial charge < -0.3 is 9.97 Å². The summed E-state index contributed by atoms with van der Waals surface area (Å²) in [6.45, 7) is 20.3. The normalized spacial score (nSPS) is 11.7. The third-order valence-corrected chi connectivity index (χ3v) is 9.83. The van der Waals surface area contributed by atoms with Gasteiger partial charge in [0.15, 0.2) is 0 Å². The maximum absolute atomic E-state index is 4.58. The molecule has 2 nitrogen and oxygen atoms in total. The molecule has 2 aromatic heterocycles. The minimum atomic E-state index is -1.24. The van der Waals surface area contributed by atoms with Crippen molar-refractivity contribution in [3.8, 4) is 22.5 Å². The zero-order valence-electron chi connectivity index (χ0n) is 27.0. The molecule has 1 radical (unpaired) electrons. The number of hydrogen-bond donors (Lipinski definition) is 0. The molecule has 0 aliphatic carbocycles. The van der Waals surface area contributed by atoms with E-state index >= 15 is 0 Å². The minimum absolute atomic E-state index is 0. The van der Waals surface area contributed by atoms with Crippen molar-refractivity contribution in [1.29, 1.82) is 0 Å². The number of pyridine rings is 2. The first-order chi connectivity index (χ1) is 19.7. The van der Waals surface area contributed by atoms with Crippen LogP contribution in [0.25, 0.3) is 22.5 Å². The Morgan fingerprint density at radius 2 is 1.28 bits per heavy atom. The Labute approximate surface area is 274 Å². The number of aryl methyl sites for hydroxylation is 1. The van der Waals surface area contributed by atoms with E-state index in [9.17, 15) is 0 Å². The third kappa shape index (κ3) is 8.92. The van der Waals surface area contributed by atoms with Crippen LogP contribution in [-0.2, 0) is 30.9 Å². The molecule has 0 saturated heterocycles. The Bertz CT molecular complexity index is 1580. The molecular formula is C39H44IrN2Si-2.